The van der Waals surface area contributed by atoms with E-state index in [-0.39, 0.29) is 18.0 Å². The molecule has 2 aromatic rings. The molecule has 2 aliphatic rings. The zero-order valence-corrected chi connectivity index (χ0v) is 20.7. The Morgan fingerprint density at radius 2 is 1.78 bits per heavy atom. The largest absolute Gasteiger partial charge is 0.416 e. The standard InChI is InChI=1S/C26H29ClF3N3O4/c27-20-6-4-17(5-7-20)24(37)10-8-18(9-11-24)25(15-31-13-21(25)34)33-22(35)14-32-23(36)16-2-1-3-19(12-16)26(28,29)30/h1-7,12,18,21,31,34,37H,8-11,13-15H2,(H,32,36)(H,33,35)/t18?,21-,24?,25+/m0/s1. The summed E-state index contributed by atoms with van der Waals surface area (Å²) in [5.41, 5.74) is -2.45. The number of hydrogen-bond acceptors (Lipinski definition) is 5. The molecule has 0 radical (unpaired) electrons. The first kappa shape index (κ1) is 27.4. The van der Waals surface area contributed by atoms with Gasteiger partial charge in [-0.05, 0) is 67.5 Å². The molecule has 1 aliphatic carbocycles. The van der Waals surface area contributed by atoms with Crippen molar-refractivity contribution in [2.75, 3.05) is 19.6 Å². The minimum absolute atomic E-state index is 0.145. The highest BCUT2D eigenvalue weighted by molar-refractivity contribution is 6.30. The predicted molar refractivity (Wildman–Crippen MR) is 131 cm³/mol. The summed E-state index contributed by atoms with van der Waals surface area (Å²) in [6.07, 6.45) is -3.55. The van der Waals surface area contributed by atoms with E-state index in [4.69, 9.17) is 11.6 Å². The maximum absolute atomic E-state index is 12.9. The Morgan fingerprint density at radius 3 is 2.38 bits per heavy atom. The monoisotopic (exact) mass is 539 g/mol. The van der Waals surface area contributed by atoms with Gasteiger partial charge in [0.1, 0.15) is 0 Å². The molecule has 7 nitrogen and oxygen atoms in total. The van der Waals surface area contributed by atoms with Gasteiger partial charge in [0.2, 0.25) is 5.91 Å². The quantitative estimate of drug-likeness (QED) is 0.388. The van der Waals surface area contributed by atoms with Crippen molar-refractivity contribution in [3.05, 3.63) is 70.2 Å². The molecule has 0 unspecified atom stereocenters. The third-order valence-electron chi connectivity index (χ3n) is 7.51. The summed E-state index contributed by atoms with van der Waals surface area (Å²) >= 11 is 5.97. The maximum Gasteiger partial charge on any atom is 0.416 e. The van der Waals surface area contributed by atoms with E-state index in [9.17, 15) is 33.0 Å². The van der Waals surface area contributed by atoms with Gasteiger partial charge in [-0.25, -0.2) is 0 Å². The van der Waals surface area contributed by atoms with Crippen LogP contribution in [0.4, 0.5) is 13.2 Å². The number of carbonyl (C=O) groups is 2. The molecule has 5 N–H and O–H groups in total. The van der Waals surface area contributed by atoms with E-state index in [0.29, 0.717) is 37.3 Å². The average molecular weight is 540 g/mol. The van der Waals surface area contributed by atoms with Crippen molar-refractivity contribution in [2.45, 2.75) is 49.1 Å². The lowest BCUT2D eigenvalue weighted by Crippen LogP contribution is -2.63. The molecule has 37 heavy (non-hydrogen) atoms. The third-order valence-corrected chi connectivity index (χ3v) is 7.76. The second-order valence-corrected chi connectivity index (χ2v) is 10.2. The molecule has 2 fully saturated rings. The number of alkyl halides is 3. The number of halogens is 4. The molecule has 2 aromatic carbocycles. The van der Waals surface area contributed by atoms with Crippen LogP contribution in [0.15, 0.2) is 48.5 Å². The van der Waals surface area contributed by atoms with Crippen LogP contribution in [0.2, 0.25) is 5.02 Å². The van der Waals surface area contributed by atoms with Gasteiger partial charge >= 0.3 is 6.18 Å². The molecule has 4 rings (SSSR count). The lowest BCUT2D eigenvalue weighted by Gasteiger charge is -2.46. The maximum atomic E-state index is 12.9. The molecular weight excluding hydrogens is 511 g/mol. The molecule has 0 spiro atoms. The number of carbonyl (C=O) groups excluding carboxylic acids is 2. The van der Waals surface area contributed by atoms with Gasteiger partial charge in [-0.1, -0.05) is 29.8 Å². The Labute approximate surface area is 217 Å². The number of amides is 2. The summed E-state index contributed by atoms with van der Waals surface area (Å²) in [5.74, 6) is -1.53. The number of hydrogen-bond donors (Lipinski definition) is 5. The van der Waals surface area contributed by atoms with E-state index < -0.39 is 47.3 Å². The molecule has 0 aromatic heterocycles. The fourth-order valence-electron chi connectivity index (χ4n) is 5.42. The molecular formula is C26H29ClF3N3O4. The number of β-amino-alcohol motifs (C(OH)–C–C–N with tert-alkyl or cyclic N) is 1. The van der Waals surface area contributed by atoms with Crippen LogP contribution in [0.25, 0.3) is 0 Å². The van der Waals surface area contributed by atoms with Crippen LogP contribution in [0.5, 0.6) is 0 Å². The van der Waals surface area contributed by atoms with Crippen molar-refractivity contribution in [1.29, 1.82) is 0 Å². The highest BCUT2D eigenvalue weighted by atomic mass is 35.5. The van der Waals surface area contributed by atoms with Gasteiger partial charge < -0.3 is 26.2 Å². The van der Waals surface area contributed by atoms with Crippen molar-refractivity contribution in [1.82, 2.24) is 16.0 Å². The average Bonchev–Trinajstić information content (AvgIpc) is 3.23. The van der Waals surface area contributed by atoms with E-state index in [0.717, 1.165) is 23.8 Å². The van der Waals surface area contributed by atoms with Crippen LogP contribution in [-0.4, -0.2) is 53.3 Å². The number of aliphatic hydroxyl groups excluding tert-OH is 1. The summed E-state index contributed by atoms with van der Waals surface area (Å²) in [4.78, 5) is 25.2. The van der Waals surface area contributed by atoms with Crippen molar-refractivity contribution in [3.8, 4) is 0 Å². The normalized spacial score (nSPS) is 28.1. The zero-order chi connectivity index (χ0) is 26.8. The van der Waals surface area contributed by atoms with Gasteiger partial charge in [-0.15, -0.1) is 0 Å². The second kappa shape index (κ2) is 10.6. The van der Waals surface area contributed by atoms with Crippen molar-refractivity contribution < 1.29 is 33.0 Å². The molecule has 1 saturated carbocycles. The number of benzene rings is 2. The fraction of sp³-hybridized carbons (Fsp3) is 0.462. The first-order valence-corrected chi connectivity index (χ1v) is 12.4. The third kappa shape index (κ3) is 5.93. The molecule has 11 heteroatoms. The van der Waals surface area contributed by atoms with E-state index >= 15 is 0 Å². The van der Waals surface area contributed by atoms with Gasteiger partial charge in [0.15, 0.2) is 0 Å². The Morgan fingerprint density at radius 1 is 1.11 bits per heavy atom. The summed E-state index contributed by atoms with van der Waals surface area (Å²) in [6.45, 7) is 0.116. The second-order valence-electron chi connectivity index (χ2n) is 9.81. The lowest BCUT2D eigenvalue weighted by molar-refractivity contribution is -0.137. The lowest BCUT2D eigenvalue weighted by atomic mass is 9.67. The molecule has 1 saturated heterocycles. The van der Waals surface area contributed by atoms with E-state index in [1.165, 1.54) is 6.07 Å². The summed E-state index contributed by atoms with van der Waals surface area (Å²) in [5, 5.41) is 31.0. The van der Waals surface area contributed by atoms with Crippen molar-refractivity contribution in [3.63, 3.8) is 0 Å². The first-order valence-electron chi connectivity index (χ1n) is 12.1. The van der Waals surface area contributed by atoms with Gasteiger partial charge in [-0.3, -0.25) is 9.59 Å². The Kier molecular flexibility index (Phi) is 7.85. The molecule has 2 atom stereocenters. The van der Waals surface area contributed by atoms with Crippen LogP contribution in [0, 0.1) is 5.92 Å². The van der Waals surface area contributed by atoms with Crippen LogP contribution >= 0.6 is 11.6 Å². The van der Waals surface area contributed by atoms with Gasteiger partial charge in [-0.2, -0.15) is 13.2 Å². The molecule has 0 bridgehead atoms. The van der Waals surface area contributed by atoms with E-state index in [2.05, 4.69) is 16.0 Å². The first-order chi connectivity index (χ1) is 17.4. The Hall–Kier alpha value is -2.66. The molecule has 200 valence electrons. The molecule has 1 aliphatic heterocycles. The topological polar surface area (TPSA) is 111 Å². The van der Waals surface area contributed by atoms with Crippen LogP contribution < -0.4 is 16.0 Å². The van der Waals surface area contributed by atoms with Crippen LogP contribution in [0.1, 0.15) is 47.2 Å². The Balaban J connectivity index is 1.39. The SMILES string of the molecule is O=C(CNC(=O)c1cccc(C(F)(F)F)c1)N[C@@]1(C2CCC(O)(c3ccc(Cl)cc3)CC2)CNC[C@@H]1O. The van der Waals surface area contributed by atoms with Crippen molar-refractivity contribution in [2.24, 2.45) is 5.92 Å². The van der Waals surface area contributed by atoms with Crippen LogP contribution in [-0.2, 0) is 16.6 Å². The molecule has 1 heterocycles. The van der Waals surface area contributed by atoms with Gasteiger partial charge in [0.25, 0.3) is 5.91 Å². The minimum Gasteiger partial charge on any atom is -0.389 e. The highest BCUT2D eigenvalue weighted by Crippen LogP contribution is 2.44. The van der Waals surface area contributed by atoms with Gasteiger partial charge in [0, 0.05) is 23.7 Å². The smallest absolute Gasteiger partial charge is 0.389 e. The minimum atomic E-state index is -4.59. The predicted octanol–water partition coefficient (Wildman–Crippen LogP) is 2.99. The summed E-state index contributed by atoms with van der Waals surface area (Å²) < 4.78 is 38.8. The number of rotatable bonds is 6. The number of nitrogens with one attached hydrogen (secondary N) is 3. The zero-order valence-electron chi connectivity index (χ0n) is 19.9. The fourth-order valence-corrected chi connectivity index (χ4v) is 5.55. The van der Waals surface area contributed by atoms with Crippen molar-refractivity contribution >= 4 is 23.4 Å². The highest BCUT2D eigenvalue weighted by Gasteiger charge is 2.51. The van der Waals surface area contributed by atoms with Crippen LogP contribution in [0.3, 0.4) is 0 Å². The van der Waals surface area contributed by atoms with Gasteiger partial charge in [0.05, 0.1) is 29.4 Å². The van der Waals surface area contributed by atoms with E-state index in [1.807, 2.05) is 0 Å². The summed E-state index contributed by atoms with van der Waals surface area (Å²) in [7, 11) is 0. The summed E-state index contributed by atoms with van der Waals surface area (Å²) in [6, 6.07) is 11.0. The Bertz CT molecular complexity index is 1140. The molecule has 2 amide bonds. The number of aliphatic hydroxyl groups is 2. The van der Waals surface area contributed by atoms with E-state index in [1.54, 1.807) is 24.3 Å².